The second-order valence-corrected chi connectivity index (χ2v) is 9.64. The molecule has 9 nitrogen and oxygen atoms in total. The number of allylic oxidation sites excluding steroid dienone is 2. The van der Waals surface area contributed by atoms with E-state index in [1.165, 1.54) is 23.0 Å². The third-order valence-corrected chi connectivity index (χ3v) is 7.05. The molecule has 3 heterocycles. The van der Waals surface area contributed by atoms with Crippen LogP contribution in [0.1, 0.15) is 41.4 Å². The zero-order valence-electron chi connectivity index (χ0n) is 20.6. The van der Waals surface area contributed by atoms with E-state index in [9.17, 15) is 19.5 Å². The zero-order valence-corrected chi connectivity index (χ0v) is 21.4. The van der Waals surface area contributed by atoms with E-state index in [2.05, 4.69) is 4.99 Å². The van der Waals surface area contributed by atoms with Gasteiger partial charge in [0.25, 0.3) is 5.56 Å². The minimum atomic E-state index is -1.06. The van der Waals surface area contributed by atoms with Gasteiger partial charge in [-0.1, -0.05) is 53.8 Å². The van der Waals surface area contributed by atoms with E-state index in [4.69, 9.17) is 14.2 Å². The van der Waals surface area contributed by atoms with Gasteiger partial charge in [-0.2, -0.15) is 0 Å². The van der Waals surface area contributed by atoms with E-state index < -0.39 is 29.8 Å². The Bertz CT molecular complexity index is 1650. The Kier molecular flexibility index (Phi) is 6.97. The molecule has 1 N–H and O–H groups in total. The zero-order chi connectivity index (χ0) is 26.8. The van der Waals surface area contributed by atoms with E-state index >= 15 is 0 Å². The maximum absolute atomic E-state index is 13.7. The third kappa shape index (κ3) is 4.90. The highest BCUT2D eigenvalue weighted by Gasteiger charge is 2.39. The van der Waals surface area contributed by atoms with E-state index in [1.54, 1.807) is 32.1 Å². The van der Waals surface area contributed by atoms with Crippen molar-refractivity contribution in [3.8, 4) is 0 Å². The number of hydrogen-bond acceptors (Lipinski definition) is 8. The van der Waals surface area contributed by atoms with Crippen molar-refractivity contribution in [3.63, 3.8) is 0 Å². The molecule has 2 aliphatic heterocycles. The quantitative estimate of drug-likeness (QED) is 0.465. The van der Waals surface area contributed by atoms with E-state index in [0.717, 1.165) is 16.9 Å². The topological polar surface area (TPSA) is 116 Å². The fourth-order valence-corrected chi connectivity index (χ4v) is 5.40. The highest BCUT2D eigenvalue weighted by molar-refractivity contribution is 7.07. The predicted octanol–water partition coefficient (Wildman–Crippen LogP) is 2.91. The van der Waals surface area contributed by atoms with Gasteiger partial charge in [-0.05, 0) is 43.2 Å². The van der Waals surface area contributed by atoms with Gasteiger partial charge in [0, 0.05) is 6.42 Å². The van der Waals surface area contributed by atoms with Crippen LogP contribution in [0.3, 0.4) is 0 Å². The largest absolute Gasteiger partial charge is 0.478 e. The lowest BCUT2D eigenvalue weighted by atomic mass is 10.0. The number of carbonyl (C=O) groups is 2. The monoisotopic (exact) mass is 532 g/mol. The standard InChI is InChI=1S/C28H24N2O7S/c1-3-35-27(34)23-16(2)29-28-30(24(23)20-15-36-22(37-20)14-17-8-5-4-6-9-17)25(31)21(38-28)13-18-10-7-11-19(12-18)26(32)33/h4-13,15,22,24H,3,14H2,1-2H3,(H,32,33). The molecule has 0 bridgehead atoms. The minimum Gasteiger partial charge on any atom is -0.478 e. The van der Waals surface area contributed by atoms with Crippen molar-refractivity contribution in [1.29, 1.82) is 0 Å². The molecule has 2 atom stereocenters. The van der Waals surface area contributed by atoms with Crippen LogP contribution in [-0.2, 0) is 25.4 Å². The summed E-state index contributed by atoms with van der Waals surface area (Å²) in [6.07, 6.45) is 2.89. The Morgan fingerprint density at radius 2 is 1.97 bits per heavy atom. The molecule has 0 spiro atoms. The number of nitrogens with zero attached hydrogens (tertiary/aromatic N) is 2. The van der Waals surface area contributed by atoms with Crippen LogP contribution in [0.25, 0.3) is 6.08 Å². The highest BCUT2D eigenvalue weighted by atomic mass is 32.1. The van der Waals surface area contributed by atoms with Crippen molar-refractivity contribution in [2.45, 2.75) is 32.6 Å². The minimum absolute atomic E-state index is 0.107. The number of thiazole rings is 1. The van der Waals surface area contributed by atoms with Crippen molar-refractivity contribution >= 4 is 29.4 Å². The average Bonchev–Trinajstić information content (AvgIpc) is 3.48. The number of carboxylic acid groups (broad SMARTS) is 1. The smallest absolute Gasteiger partial charge is 0.338 e. The van der Waals surface area contributed by atoms with Gasteiger partial charge >= 0.3 is 11.9 Å². The lowest BCUT2D eigenvalue weighted by Gasteiger charge is -2.24. The molecule has 0 fully saturated rings. The van der Waals surface area contributed by atoms with Crippen molar-refractivity contribution in [2.75, 3.05) is 6.61 Å². The first-order chi connectivity index (χ1) is 18.4. The fourth-order valence-electron chi connectivity index (χ4n) is 4.35. The van der Waals surface area contributed by atoms with Crippen LogP contribution in [0.5, 0.6) is 0 Å². The van der Waals surface area contributed by atoms with Gasteiger partial charge < -0.3 is 19.3 Å². The normalized spacial score (nSPS) is 18.7. The number of carboxylic acids is 1. The number of carbonyl (C=O) groups excluding carboxylic acids is 1. The Balaban J connectivity index is 1.57. The molecule has 1 aromatic heterocycles. The maximum atomic E-state index is 13.7. The van der Waals surface area contributed by atoms with Gasteiger partial charge in [0.2, 0.25) is 6.29 Å². The van der Waals surface area contributed by atoms with Gasteiger partial charge in [-0.15, -0.1) is 0 Å². The molecule has 194 valence electrons. The number of rotatable bonds is 7. The van der Waals surface area contributed by atoms with Crippen molar-refractivity contribution in [2.24, 2.45) is 4.99 Å². The number of aromatic nitrogens is 1. The second-order valence-electron chi connectivity index (χ2n) is 8.63. The molecular weight excluding hydrogens is 508 g/mol. The molecule has 2 unspecified atom stereocenters. The number of esters is 1. The number of ether oxygens (including phenoxy) is 3. The van der Waals surface area contributed by atoms with E-state index in [0.29, 0.717) is 32.8 Å². The molecule has 2 aromatic carbocycles. The summed E-state index contributed by atoms with van der Waals surface area (Å²) >= 11 is 1.14. The summed E-state index contributed by atoms with van der Waals surface area (Å²) in [5.74, 6) is -1.37. The molecular formula is C28H24N2O7S. The Hall–Kier alpha value is -4.44. The molecule has 10 heteroatoms. The summed E-state index contributed by atoms with van der Waals surface area (Å²) in [6, 6.07) is 15.0. The molecule has 0 saturated heterocycles. The van der Waals surface area contributed by atoms with Crippen molar-refractivity contribution in [3.05, 3.63) is 114 Å². The summed E-state index contributed by atoms with van der Waals surface area (Å²) in [5.41, 5.74) is 1.87. The van der Waals surface area contributed by atoms with E-state index in [-0.39, 0.29) is 17.7 Å². The van der Waals surface area contributed by atoms with Gasteiger partial charge in [0.1, 0.15) is 12.3 Å². The number of aromatic carboxylic acids is 1. The Morgan fingerprint density at radius 1 is 1.18 bits per heavy atom. The molecule has 5 rings (SSSR count). The first-order valence-corrected chi connectivity index (χ1v) is 12.8. The predicted molar refractivity (Wildman–Crippen MR) is 139 cm³/mol. The number of benzene rings is 2. The highest BCUT2D eigenvalue weighted by Crippen LogP contribution is 2.35. The Labute approximate surface area is 221 Å². The van der Waals surface area contributed by atoms with Gasteiger partial charge in [-0.3, -0.25) is 9.36 Å². The molecule has 38 heavy (non-hydrogen) atoms. The van der Waals surface area contributed by atoms with Gasteiger partial charge in [-0.25, -0.2) is 14.6 Å². The molecule has 0 aliphatic carbocycles. The number of hydrogen-bond donors (Lipinski definition) is 1. The van der Waals surface area contributed by atoms with Crippen LogP contribution in [0.4, 0.5) is 0 Å². The van der Waals surface area contributed by atoms with Crippen LogP contribution in [0, 0.1) is 0 Å². The molecule has 2 aliphatic rings. The van der Waals surface area contributed by atoms with E-state index in [1.807, 2.05) is 30.3 Å². The second kappa shape index (κ2) is 10.5. The average molecular weight is 533 g/mol. The molecule has 0 saturated carbocycles. The van der Waals surface area contributed by atoms with Gasteiger partial charge in [0.15, 0.2) is 10.6 Å². The lowest BCUT2D eigenvalue weighted by Crippen LogP contribution is -2.40. The third-order valence-electron chi connectivity index (χ3n) is 6.07. The van der Waals surface area contributed by atoms with Crippen molar-refractivity contribution < 1.29 is 28.9 Å². The summed E-state index contributed by atoms with van der Waals surface area (Å²) in [6.45, 7) is 3.54. The molecule has 0 radical (unpaired) electrons. The van der Waals surface area contributed by atoms with Crippen LogP contribution in [0.15, 0.2) is 87.7 Å². The Morgan fingerprint density at radius 3 is 2.71 bits per heavy atom. The summed E-state index contributed by atoms with van der Waals surface area (Å²) < 4.78 is 18.9. The molecule has 0 amide bonds. The first-order valence-electron chi connectivity index (χ1n) is 11.9. The fraction of sp³-hybridized carbons (Fsp3) is 0.214. The van der Waals surface area contributed by atoms with Crippen LogP contribution in [0.2, 0.25) is 0 Å². The van der Waals surface area contributed by atoms with Crippen molar-refractivity contribution in [1.82, 2.24) is 4.57 Å². The molecule has 3 aromatic rings. The first kappa shape index (κ1) is 25.2. The van der Waals surface area contributed by atoms with Crippen LogP contribution >= 0.6 is 11.3 Å². The summed E-state index contributed by atoms with van der Waals surface area (Å²) in [5, 5.41) is 9.31. The summed E-state index contributed by atoms with van der Waals surface area (Å²) in [4.78, 5) is 43.0. The van der Waals surface area contributed by atoms with Crippen LogP contribution in [-0.4, -0.2) is 34.5 Å². The number of fused-ring (bicyclic) bond motifs is 1. The lowest BCUT2D eigenvalue weighted by molar-refractivity contribution is -0.139. The van der Waals surface area contributed by atoms with Crippen LogP contribution < -0.4 is 14.9 Å². The maximum Gasteiger partial charge on any atom is 0.338 e. The SMILES string of the molecule is CCOC(=O)C1=C(C)N=c2sc(=Cc3cccc(C(=O)O)c3)c(=O)n2C1C1=COC(Cc2ccccc2)O1. The summed E-state index contributed by atoms with van der Waals surface area (Å²) in [7, 11) is 0. The van der Waals surface area contributed by atoms with Gasteiger partial charge in [0.05, 0.1) is 28.0 Å².